The fourth-order valence-corrected chi connectivity index (χ4v) is 2.26. The molecule has 0 saturated heterocycles. The van der Waals surface area contributed by atoms with Gasteiger partial charge in [-0.1, -0.05) is 29.8 Å². The van der Waals surface area contributed by atoms with Gasteiger partial charge in [0, 0.05) is 18.6 Å². The molecule has 1 fully saturated rings. The number of hydrogen-bond acceptors (Lipinski definition) is 2. The van der Waals surface area contributed by atoms with E-state index in [9.17, 15) is 0 Å². The summed E-state index contributed by atoms with van der Waals surface area (Å²) in [4.78, 5) is 2.45. The molecule has 18 heavy (non-hydrogen) atoms. The van der Waals surface area contributed by atoms with Crippen LogP contribution in [0, 0.1) is 6.92 Å². The molecule has 2 heteroatoms. The number of hydrogen-bond donors (Lipinski definition) is 1. The minimum Gasteiger partial charge on any atom is -0.314 e. The molecule has 1 aromatic carbocycles. The fraction of sp³-hybridized carbons (Fsp3) is 0.625. The number of rotatable bonds is 7. The van der Waals surface area contributed by atoms with Gasteiger partial charge in [-0.2, -0.15) is 0 Å². The van der Waals surface area contributed by atoms with Crippen molar-refractivity contribution in [2.24, 2.45) is 0 Å². The van der Waals surface area contributed by atoms with Crippen molar-refractivity contribution in [2.45, 2.75) is 51.7 Å². The number of benzene rings is 1. The Kier molecular flexibility index (Phi) is 4.79. The largest absolute Gasteiger partial charge is 0.314 e. The van der Waals surface area contributed by atoms with E-state index in [0.29, 0.717) is 6.04 Å². The molecule has 1 N–H and O–H groups in total. The zero-order valence-electron chi connectivity index (χ0n) is 11.9. The van der Waals surface area contributed by atoms with Gasteiger partial charge in [-0.25, -0.2) is 0 Å². The van der Waals surface area contributed by atoms with Gasteiger partial charge in [0.1, 0.15) is 0 Å². The van der Waals surface area contributed by atoms with Gasteiger partial charge in [0.05, 0.1) is 0 Å². The van der Waals surface area contributed by atoms with Crippen molar-refractivity contribution in [3.63, 3.8) is 0 Å². The van der Waals surface area contributed by atoms with E-state index in [-0.39, 0.29) is 0 Å². The SMILES string of the molecule is Cc1cccc(CN(C)C(C)CCNC2CC2)c1. The Labute approximate surface area is 111 Å². The predicted octanol–water partition coefficient (Wildman–Crippen LogP) is 2.96. The van der Waals surface area contributed by atoms with Crippen molar-refractivity contribution in [3.05, 3.63) is 35.4 Å². The zero-order chi connectivity index (χ0) is 13.0. The van der Waals surface area contributed by atoms with Crippen molar-refractivity contribution >= 4 is 0 Å². The summed E-state index contributed by atoms with van der Waals surface area (Å²) < 4.78 is 0. The molecule has 100 valence electrons. The topological polar surface area (TPSA) is 15.3 Å². The van der Waals surface area contributed by atoms with Crippen LogP contribution in [0.4, 0.5) is 0 Å². The summed E-state index contributed by atoms with van der Waals surface area (Å²) in [6.45, 7) is 6.69. The summed E-state index contributed by atoms with van der Waals surface area (Å²) in [5.74, 6) is 0. The average molecular weight is 246 g/mol. The van der Waals surface area contributed by atoms with Crippen LogP contribution >= 0.6 is 0 Å². The monoisotopic (exact) mass is 246 g/mol. The molecule has 0 aromatic heterocycles. The maximum atomic E-state index is 3.59. The van der Waals surface area contributed by atoms with Crippen LogP contribution in [0.15, 0.2) is 24.3 Å². The van der Waals surface area contributed by atoms with E-state index >= 15 is 0 Å². The normalized spacial score (nSPS) is 17.1. The van der Waals surface area contributed by atoms with Crippen molar-refractivity contribution in [1.29, 1.82) is 0 Å². The lowest BCUT2D eigenvalue weighted by Gasteiger charge is -2.25. The van der Waals surface area contributed by atoms with Gasteiger partial charge >= 0.3 is 0 Å². The number of aryl methyl sites for hydroxylation is 1. The maximum Gasteiger partial charge on any atom is 0.0233 e. The van der Waals surface area contributed by atoms with Crippen molar-refractivity contribution in [3.8, 4) is 0 Å². The Morgan fingerprint density at radius 3 is 2.83 bits per heavy atom. The Morgan fingerprint density at radius 1 is 1.39 bits per heavy atom. The molecule has 0 bridgehead atoms. The van der Waals surface area contributed by atoms with E-state index in [1.165, 1.54) is 30.4 Å². The first kappa shape index (κ1) is 13.6. The Hall–Kier alpha value is -0.860. The fourth-order valence-electron chi connectivity index (χ4n) is 2.26. The first-order valence-corrected chi connectivity index (χ1v) is 7.14. The highest BCUT2D eigenvalue weighted by molar-refractivity contribution is 5.22. The van der Waals surface area contributed by atoms with E-state index in [1.807, 2.05) is 0 Å². The van der Waals surface area contributed by atoms with E-state index in [0.717, 1.165) is 19.1 Å². The van der Waals surface area contributed by atoms with Crippen LogP contribution in [0.5, 0.6) is 0 Å². The summed E-state index contributed by atoms with van der Waals surface area (Å²) in [6.07, 6.45) is 4.00. The third-order valence-electron chi connectivity index (χ3n) is 3.84. The highest BCUT2D eigenvalue weighted by Gasteiger charge is 2.20. The van der Waals surface area contributed by atoms with Gasteiger partial charge in [-0.3, -0.25) is 4.90 Å². The molecule has 0 aliphatic heterocycles. The number of nitrogens with zero attached hydrogens (tertiary/aromatic N) is 1. The molecule has 0 amide bonds. The van der Waals surface area contributed by atoms with Crippen molar-refractivity contribution in [2.75, 3.05) is 13.6 Å². The Morgan fingerprint density at radius 2 is 2.17 bits per heavy atom. The summed E-state index contributed by atoms with van der Waals surface area (Å²) >= 11 is 0. The second-order valence-electron chi connectivity index (χ2n) is 5.77. The van der Waals surface area contributed by atoms with Crippen LogP contribution < -0.4 is 5.32 Å². The lowest BCUT2D eigenvalue weighted by molar-refractivity contribution is 0.236. The minimum atomic E-state index is 0.636. The lowest BCUT2D eigenvalue weighted by Crippen LogP contribution is -2.32. The molecule has 2 rings (SSSR count). The molecule has 1 unspecified atom stereocenters. The van der Waals surface area contributed by atoms with Gasteiger partial charge < -0.3 is 5.32 Å². The van der Waals surface area contributed by atoms with Gasteiger partial charge in [0.15, 0.2) is 0 Å². The van der Waals surface area contributed by atoms with E-state index in [2.05, 4.69) is 55.4 Å². The van der Waals surface area contributed by atoms with Gasteiger partial charge in [-0.05, 0) is 52.3 Å². The molecule has 0 heterocycles. The lowest BCUT2D eigenvalue weighted by atomic mass is 10.1. The second kappa shape index (κ2) is 6.35. The van der Waals surface area contributed by atoms with E-state index in [4.69, 9.17) is 0 Å². The smallest absolute Gasteiger partial charge is 0.0233 e. The van der Waals surface area contributed by atoms with Crippen LogP contribution in [-0.4, -0.2) is 30.6 Å². The van der Waals surface area contributed by atoms with Crippen molar-refractivity contribution < 1.29 is 0 Å². The summed E-state index contributed by atoms with van der Waals surface area (Å²) in [7, 11) is 2.23. The van der Waals surface area contributed by atoms with Gasteiger partial charge in [-0.15, -0.1) is 0 Å². The first-order valence-electron chi connectivity index (χ1n) is 7.14. The quantitative estimate of drug-likeness (QED) is 0.795. The van der Waals surface area contributed by atoms with Crippen LogP contribution in [-0.2, 0) is 6.54 Å². The Bertz CT molecular complexity index is 371. The van der Waals surface area contributed by atoms with Crippen molar-refractivity contribution in [1.82, 2.24) is 10.2 Å². The first-order chi connectivity index (χ1) is 8.65. The summed E-state index contributed by atoms with van der Waals surface area (Å²) in [5, 5.41) is 3.59. The van der Waals surface area contributed by atoms with Crippen LogP contribution in [0.1, 0.15) is 37.3 Å². The third kappa shape index (κ3) is 4.43. The number of nitrogens with one attached hydrogen (secondary N) is 1. The highest BCUT2D eigenvalue weighted by Crippen LogP contribution is 2.18. The molecular weight excluding hydrogens is 220 g/mol. The second-order valence-corrected chi connectivity index (χ2v) is 5.77. The zero-order valence-corrected chi connectivity index (χ0v) is 11.9. The minimum absolute atomic E-state index is 0.636. The molecule has 1 aromatic rings. The van der Waals surface area contributed by atoms with Crippen LogP contribution in [0.25, 0.3) is 0 Å². The molecule has 1 aliphatic rings. The average Bonchev–Trinajstić information content (AvgIpc) is 3.13. The van der Waals surface area contributed by atoms with E-state index in [1.54, 1.807) is 0 Å². The molecule has 1 atom stereocenters. The molecule has 0 spiro atoms. The maximum absolute atomic E-state index is 3.59. The summed E-state index contributed by atoms with van der Waals surface area (Å²) in [6, 6.07) is 10.3. The predicted molar refractivity (Wildman–Crippen MR) is 77.7 cm³/mol. The highest BCUT2D eigenvalue weighted by atomic mass is 15.1. The molecule has 0 radical (unpaired) electrons. The molecule has 2 nitrogen and oxygen atoms in total. The molecular formula is C16H26N2. The third-order valence-corrected chi connectivity index (χ3v) is 3.84. The van der Waals surface area contributed by atoms with Gasteiger partial charge in [0.25, 0.3) is 0 Å². The Balaban J connectivity index is 1.73. The molecule has 1 aliphatic carbocycles. The van der Waals surface area contributed by atoms with Crippen LogP contribution in [0.2, 0.25) is 0 Å². The molecule has 1 saturated carbocycles. The summed E-state index contributed by atoms with van der Waals surface area (Å²) in [5.41, 5.74) is 2.77. The van der Waals surface area contributed by atoms with Gasteiger partial charge in [0.2, 0.25) is 0 Å². The van der Waals surface area contributed by atoms with E-state index < -0.39 is 0 Å². The standard InChI is InChI=1S/C16H26N2/c1-13-5-4-6-15(11-13)12-18(3)14(2)9-10-17-16-7-8-16/h4-6,11,14,16-17H,7-10,12H2,1-3H3. The van der Waals surface area contributed by atoms with Crippen LogP contribution in [0.3, 0.4) is 0 Å².